The number of aryl methyl sites for hydroxylation is 3. The largest absolute Gasteiger partial charge is 0.328 e. The number of nitrogens with zero attached hydrogens (tertiary/aromatic N) is 6. The molecule has 1 aliphatic heterocycles. The van der Waals surface area contributed by atoms with Gasteiger partial charge >= 0.3 is 0 Å². The highest BCUT2D eigenvalue weighted by Crippen LogP contribution is 2.24. The number of fused-ring (bicyclic) bond motifs is 4. The number of benzene rings is 1. The van der Waals surface area contributed by atoms with Gasteiger partial charge in [0.15, 0.2) is 0 Å². The summed E-state index contributed by atoms with van der Waals surface area (Å²) in [6, 6.07) is 7.66. The van der Waals surface area contributed by atoms with Gasteiger partial charge in [-0.25, -0.2) is 14.5 Å². The highest BCUT2D eigenvalue weighted by Gasteiger charge is 2.17. The molecule has 0 fully saturated rings. The van der Waals surface area contributed by atoms with Crippen molar-refractivity contribution in [3.8, 4) is 0 Å². The van der Waals surface area contributed by atoms with E-state index in [0.717, 1.165) is 35.5 Å². The smallest absolute Gasteiger partial charge is 0.295 e. The highest BCUT2D eigenvalue weighted by molar-refractivity contribution is 6.02. The zero-order valence-corrected chi connectivity index (χ0v) is 15.0. The van der Waals surface area contributed by atoms with Crippen LogP contribution in [-0.2, 0) is 13.0 Å². The number of aromatic nitrogens is 6. The second-order valence-corrected chi connectivity index (χ2v) is 6.88. The average Bonchev–Trinajstić information content (AvgIpc) is 3.17. The molecule has 0 spiro atoms. The Kier molecular flexibility index (Phi) is 3.63. The Morgan fingerprint density at radius 1 is 1.15 bits per heavy atom. The van der Waals surface area contributed by atoms with E-state index in [4.69, 9.17) is 4.98 Å². The van der Waals surface area contributed by atoms with E-state index in [1.807, 2.05) is 31.2 Å². The van der Waals surface area contributed by atoms with Crippen molar-refractivity contribution < 1.29 is 4.79 Å². The third kappa shape index (κ3) is 2.73. The first-order chi connectivity index (χ1) is 13.2. The van der Waals surface area contributed by atoms with Crippen molar-refractivity contribution in [3.05, 3.63) is 47.8 Å². The number of rotatable bonds is 2. The lowest BCUT2D eigenvalue weighted by Crippen LogP contribution is -2.14. The zero-order valence-electron chi connectivity index (χ0n) is 15.0. The van der Waals surface area contributed by atoms with Crippen LogP contribution < -0.4 is 5.32 Å². The van der Waals surface area contributed by atoms with E-state index in [-0.39, 0.29) is 11.7 Å². The maximum Gasteiger partial charge on any atom is 0.295 e. The summed E-state index contributed by atoms with van der Waals surface area (Å²) < 4.78 is 3.86. The van der Waals surface area contributed by atoms with E-state index >= 15 is 0 Å². The van der Waals surface area contributed by atoms with Crippen LogP contribution in [0.5, 0.6) is 0 Å². The molecule has 0 saturated heterocycles. The molecule has 0 saturated carbocycles. The summed E-state index contributed by atoms with van der Waals surface area (Å²) in [5.74, 6) is 1.28. The van der Waals surface area contributed by atoms with Crippen LogP contribution in [-0.4, -0.2) is 35.0 Å². The standard InChI is InChI=1S/C19H19N7O/c1-12-8-9-20-19-23-17(24-26(12)19)18(27)21-13-6-7-15-14(11-13)22-16-5-3-2-4-10-25(15)16/h6-9,11H,2-5,10H2,1H3,(H,21,27). The van der Waals surface area contributed by atoms with E-state index in [1.54, 1.807) is 10.7 Å². The quantitative estimate of drug-likeness (QED) is 0.593. The molecule has 136 valence electrons. The third-order valence-electron chi connectivity index (χ3n) is 5.00. The Labute approximate surface area is 155 Å². The fraction of sp³-hybridized carbons (Fsp3) is 0.316. The van der Waals surface area contributed by atoms with Gasteiger partial charge in [-0.05, 0) is 44.0 Å². The predicted octanol–water partition coefficient (Wildman–Crippen LogP) is 2.76. The second kappa shape index (κ2) is 6.15. The van der Waals surface area contributed by atoms with Crippen molar-refractivity contribution in [1.29, 1.82) is 0 Å². The Hall–Kier alpha value is -3.29. The Morgan fingerprint density at radius 3 is 2.96 bits per heavy atom. The van der Waals surface area contributed by atoms with Crippen molar-refractivity contribution >= 4 is 28.4 Å². The van der Waals surface area contributed by atoms with Crippen molar-refractivity contribution in [2.75, 3.05) is 5.32 Å². The second-order valence-electron chi connectivity index (χ2n) is 6.88. The summed E-state index contributed by atoms with van der Waals surface area (Å²) in [5.41, 5.74) is 3.58. The van der Waals surface area contributed by atoms with E-state index in [1.165, 1.54) is 19.3 Å². The summed E-state index contributed by atoms with van der Waals surface area (Å²) in [4.78, 5) is 25.7. The van der Waals surface area contributed by atoms with Gasteiger partial charge in [0.05, 0.1) is 11.0 Å². The van der Waals surface area contributed by atoms with Crippen LogP contribution in [0.15, 0.2) is 30.5 Å². The summed E-state index contributed by atoms with van der Waals surface area (Å²) in [6.07, 6.45) is 6.27. The van der Waals surface area contributed by atoms with E-state index in [2.05, 4.69) is 25.0 Å². The number of hydrogen-bond donors (Lipinski definition) is 1. The Morgan fingerprint density at radius 2 is 2.07 bits per heavy atom. The van der Waals surface area contributed by atoms with Gasteiger partial charge < -0.3 is 9.88 Å². The molecule has 3 aromatic heterocycles. The predicted molar refractivity (Wildman–Crippen MR) is 101 cm³/mol. The van der Waals surface area contributed by atoms with Crippen LogP contribution in [0, 0.1) is 6.92 Å². The van der Waals surface area contributed by atoms with Crippen LogP contribution >= 0.6 is 0 Å². The van der Waals surface area contributed by atoms with E-state index < -0.39 is 0 Å². The minimum Gasteiger partial charge on any atom is -0.328 e. The molecule has 4 aromatic rings. The van der Waals surface area contributed by atoms with Gasteiger partial charge in [0, 0.05) is 30.5 Å². The molecule has 0 radical (unpaired) electrons. The van der Waals surface area contributed by atoms with Crippen LogP contribution in [0.25, 0.3) is 16.8 Å². The molecule has 1 N–H and O–H groups in total. The molecule has 4 heterocycles. The number of carbonyl (C=O) groups is 1. The first-order valence-electron chi connectivity index (χ1n) is 9.18. The molecule has 0 aliphatic carbocycles. The Bertz CT molecular complexity index is 1170. The zero-order chi connectivity index (χ0) is 18.4. The van der Waals surface area contributed by atoms with Gasteiger partial charge in [0.2, 0.25) is 5.82 Å². The molecular weight excluding hydrogens is 342 g/mol. The van der Waals surface area contributed by atoms with Crippen molar-refractivity contribution in [2.45, 2.75) is 39.2 Å². The monoisotopic (exact) mass is 361 g/mol. The molecule has 0 atom stereocenters. The van der Waals surface area contributed by atoms with E-state index in [9.17, 15) is 4.79 Å². The van der Waals surface area contributed by atoms with Crippen LogP contribution in [0.2, 0.25) is 0 Å². The first-order valence-corrected chi connectivity index (χ1v) is 9.18. The lowest BCUT2D eigenvalue weighted by molar-refractivity contribution is 0.101. The summed E-state index contributed by atoms with van der Waals surface area (Å²) in [6.45, 7) is 2.90. The van der Waals surface area contributed by atoms with Crippen molar-refractivity contribution in [2.24, 2.45) is 0 Å². The molecule has 27 heavy (non-hydrogen) atoms. The Balaban J connectivity index is 1.45. The molecule has 0 bridgehead atoms. The molecule has 0 unspecified atom stereocenters. The summed E-state index contributed by atoms with van der Waals surface area (Å²) in [5, 5.41) is 7.11. The lowest BCUT2D eigenvalue weighted by Gasteiger charge is -2.05. The van der Waals surface area contributed by atoms with Crippen molar-refractivity contribution in [1.82, 2.24) is 29.1 Å². The van der Waals surface area contributed by atoms with Crippen LogP contribution in [0.4, 0.5) is 5.69 Å². The van der Waals surface area contributed by atoms with E-state index in [0.29, 0.717) is 11.5 Å². The molecule has 1 amide bonds. The van der Waals surface area contributed by atoms with Gasteiger partial charge in [0.25, 0.3) is 11.7 Å². The number of nitrogens with one attached hydrogen (secondary N) is 1. The molecule has 8 heteroatoms. The number of anilines is 1. The SMILES string of the molecule is Cc1ccnc2nc(C(=O)Nc3ccc4c(c3)nc3n4CCCCC3)nn12. The molecule has 1 aliphatic rings. The third-order valence-corrected chi connectivity index (χ3v) is 5.00. The van der Waals surface area contributed by atoms with Gasteiger partial charge in [-0.2, -0.15) is 4.98 Å². The maximum atomic E-state index is 12.6. The summed E-state index contributed by atoms with van der Waals surface area (Å²) in [7, 11) is 0. The highest BCUT2D eigenvalue weighted by atomic mass is 16.2. The average molecular weight is 361 g/mol. The normalized spacial score (nSPS) is 14.3. The fourth-order valence-electron chi connectivity index (χ4n) is 3.62. The van der Waals surface area contributed by atoms with Crippen LogP contribution in [0.1, 0.15) is 41.4 Å². The number of imidazole rings is 1. The molecule has 1 aromatic carbocycles. The molecule has 5 rings (SSSR count). The van der Waals surface area contributed by atoms with Crippen LogP contribution in [0.3, 0.4) is 0 Å². The number of amides is 1. The fourth-order valence-corrected chi connectivity index (χ4v) is 3.62. The van der Waals surface area contributed by atoms with Gasteiger partial charge in [-0.15, -0.1) is 5.10 Å². The molecular formula is C19H19N7O. The number of carbonyl (C=O) groups excluding carboxylic acids is 1. The maximum absolute atomic E-state index is 12.6. The lowest BCUT2D eigenvalue weighted by atomic mass is 10.2. The van der Waals surface area contributed by atoms with Gasteiger partial charge in [-0.3, -0.25) is 4.79 Å². The minimum atomic E-state index is -0.361. The number of hydrogen-bond acceptors (Lipinski definition) is 5. The first kappa shape index (κ1) is 15.9. The summed E-state index contributed by atoms with van der Waals surface area (Å²) >= 11 is 0. The van der Waals surface area contributed by atoms with Gasteiger partial charge in [0.1, 0.15) is 5.82 Å². The van der Waals surface area contributed by atoms with Crippen molar-refractivity contribution in [3.63, 3.8) is 0 Å². The minimum absolute atomic E-state index is 0.0949. The molecule has 8 nitrogen and oxygen atoms in total. The topological polar surface area (TPSA) is 90.0 Å². The van der Waals surface area contributed by atoms with Gasteiger partial charge in [-0.1, -0.05) is 6.42 Å².